The molecule has 10 heteroatoms. The highest BCUT2D eigenvalue weighted by Gasteiger charge is 2.50. The molecule has 0 bridgehead atoms. The fourth-order valence-corrected chi connectivity index (χ4v) is 5.36. The first kappa shape index (κ1) is 17.0. The Bertz CT molecular complexity index is 844. The SMILES string of the molecule is COc1ccc(N2C(=O)C(C)(C)CS2(=O)=O)cc1S(=O)(=O)Cl. The van der Waals surface area contributed by atoms with Gasteiger partial charge in [0.15, 0.2) is 0 Å². The Morgan fingerprint density at radius 2 is 1.91 bits per heavy atom. The van der Waals surface area contributed by atoms with E-state index in [-0.39, 0.29) is 17.2 Å². The molecular weight excluding hydrogens is 354 g/mol. The number of sulfonamides is 1. The molecule has 0 radical (unpaired) electrons. The number of nitrogens with zero attached hydrogens (tertiary/aromatic N) is 1. The van der Waals surface area contributed by atoms with Crippen molar-refractivity contribution < 1.29 is 26.4 Å². The van der Waals surface area contributed by atoms with Crippen molar-refractivity contribution in [1.29, 1.82) is 0 Å². The highest BCUT2D eigenvalue weighted by molar-refractivity contribution is 8.13. The maximum absolute atomic E-state index is 12.3. The van der Waals surface area contributed by atoms with Crippen LogP contribution in [0.2, 0.25) is 0 Å². The first-order chi connectivity index (χ1) is 9.90. The smallest absolute Gasteiger partial charge is 0.265 e. The molecule has 0 aromatic heterocycles. The Balaban J connectivity index is 2.67. The summed E-state index contributed by atoms with van der Waals surface area (Å²) in [6, 6.07) is 3.55. The van der Waals surface area contributed by atoms with Gasteiger partial charge in [-0.25, -0.2) is 21.1 Å². The lowest BCUT2D eigenvalue weighted by Crippen LogP contribution is -2.33. The van der Waals surface area contributed by atoms with E-state index >= 15 is 0 Å². The van der Waals surface area contributed by atoms with E-state index in [2.05, 4.69) is 0 Å². The quantitative estimate of drug-likeness (QED) is 0.747. The molecule has 0 aliphatic carbocycles. The van der Waals surface area contributed by atoms with Crippen LogP contribution >= 0.6 is 10.7 Å². The van der Waals surface area contributed by atoms with Gasteiger partial charge in [-0.15, -0.1) is 0 Å². The van der Waals surface area contributed by atoms with Crippen molar-refractivity contribution in [3.05, 3.63) is 18.2 Å². The highest BCUT2D eigenvalue weighted by atomic mass is 35.7. The average Bonchev–Trinajstić information content (AvgIpc) is 2.52. The van der Waals surface area contributed by atoms with Gasteiger partial charge in [0.2, 0.25) is 15.9 Å². The Kier molecular flexibility index (Phi) is 3.95. The lowest BCUT2D eigenvalue weighted by atomic mass is 9.95. The first-order valence-electron chi connectivity index (χ1n) is 6.10. The minimum absolute atomic E-state index is 0.0398. The lowest BCUT2D eigenvalue weighted by Gasteiger charge is -2.18. The Hall–Kier alpha value is -1.32. The summed E-state index contributed by atoms with van der Waals surface area (Å²) >= 11 is 0. The molecule has 7 nitrogen and oxygen atoms in total. The predicted octanol–water partition coefficient (Wildman–Crippen LogP) is 1.33. The zero-order chi connectivity index (χ0) is 16.9. The number of anilines is 1. The normalized spacial score (nSPS) is 20.2. The van der Waals surface area contributed by atoms with Crippen molar-refractivity contribution in [2.75, 3.05) is 17.2 Å². The van der Waals surface area contributed by atoms with E-state index in [0.717, 1.165) is 6.07 Å². The van der Waals surface area contributed by atoms with E-state index in [1.165, 1.54) is 33.1 Å². The molecule has 22 heavy (non-hydrogen) atoms. The minimum atomic E-state index is -4.17. The van der Waals surface area contributed by atoms with Crippen LogP contribution in [0.4, 0.5) is 5.69 Å². The van der Waals surface area contributed by atoms with E-state index in [1.807, 2.05) is 0 Å². The van der Waals surface area contributed by atoms with Crippen LogP contribution in [0.15, 0.2) is 23.1 Å². The molecule has 1 aromatic rings. The summed E-state index contributed by atoms with van der Waals surface area (Å²) in [5.74, 6) is -1.02. The third kappa shape index (κ3) is 2.80. The summed E-state index contributed by atoms with van der Waals surface area (Å²) in [6.07, 6.45) is 0. The van der Waals surface area contributed by atoms with Gasteiger partial charge >= 0.3 is 0 Å². The van der Waals surface area contributed by atoms with Gasteiger partial charge in [-0.1, -0.05) is 0 Å². The molecule has 1 saturated heterocycles. The van der Waals surface area contributed by atoms with Crippen LogP contribution in [0, 0.1) is 5.41 Å². The predicted molar refractivity (Wildman–Crippen MR) is 81.1 cm³/mol. The molecule has 0 unspecified atom stereocenters. The number of rotatable bonds is 3. The fourth-order valence-electron chi connectivity index (χ4n) is 2.24. The largest absolute Gasteiger partial charge is 0.495 e. The highest BCUT2D eigenvalue weighted by Crippen LogP contribution is 2.38. The number of methoxy groups -OCH3 is 1. The summed E-state index contributed by atoms with van der Waals surface area (Å²) in [5, 5.41) is 0. The molecule has 0 atom stereocenters. The molecule has 2 rings (SSSR count). The van der Waals surface area contributed by atoms with E-state index in [9.17, 15) is 21.6 Å². The van der Waals surface area contributed by atoms with Crippen LogP contribution in [-0.2, 0) is 23.9 Å². The van der Waals surface area contributed by atoms with Crippen LogP contribution < -0.4 is 9.04 Å². The summed E-state index contributed by atoms with van der Waals surface area (Å²) in [4.78, 5) is 11.9. The van der Waals surface area contributed by atoms with Gasteiger partial charge in [0.25, 0.3) is 9.05 Å². The molecular formula is C12H14ClNO6S2. The van der Waals surface area contributed by atoms with E-state index in [0.29, 0.717) is 4.31 Å². The molecule has 1 heterocycles. The second-order valence-electron chi connectivity index (χ2n) is 5.48. The van der Waals surface area contributed by atoms with Crippen molar-refractivity contribution in [2.24, 2.45) is 5.41 Å². The number of hydrogen-bond donors (Lipinski definition) is 0. The summed E-state index contributed by atoms with van der Waals surface area (Å²) in [6.45, 7) is 3.02. The van der Waals surface area contributed by atoms with Crippen molar-refractivity contribution in [3.63, 3.8) is 0 Å². The number of amides is 1. The number of hydrogen-bond acceptors (Lipinski definition) is 6. The van der Waals surface area contributed by atoms with E-state index in [4.69, 9.17) is 15.4 Å². The minimum Gasteiger partial charge on any atom is -0.495 e. The zero-order valence-corrected chi connectivity index (χ0v) is 14.4. The molecule has 1 aliphatic heterocycles. The number of halogens is 1. The third-order valence-corrected chi connectivity index (χ3v) is 6.59. The average molecular weight is 368 g/mol. The number of carbonyl (C=O) groups is 1. The second-order valence-corrected chi connectivity index (χ2v) is 9.83. The van der Waals surface area contributed by atoms with Crippen LogP contribution in [-0.4, -0.2) is 35.6 Å². The lowest BCUT2D eigenvalue weighted by molar-refractivity contribution is -0.123. The summed E-state index contributed by atoms with van der Waals surface area (Å²) < 4.78 is 53.1. The van der Waals surface area contributed by atoms with Crippen molar-refractivity contribution in [1.82, 2.24) is 0 Å². The topological polar surface area (TPSA) is 97.8 Å². The molecule has 1 fully saturated rings. The number of benzene rings is 1. The Morgan fingerprint density at radius 3 is 2.32 bits per heavy atom. The third-order valence-electron chi connectivity index (χ3n) is 3.23. The van der Waals surface area contributed by atoms with Crippen molar-refractivity contribution >= 4 is 41.4 Å². The standard InChI is InChI=1S/C12H14ClNO6S2/c1-12(2)7-21(16,17)14(11(12)15)8-4-5-9(20-3)10(6-8)22(13,18)19/h4-6H,7H2,1-3H3. The van der Waals surface area contributed by atoms with E-state index < -0.39 is 35.3 Å². The number of carbonyl (C=O) groups excluding carboxylic acids is 1. The van der Waals surface area contributed by atoms with Crippen molar-refractivity contribution in [2.45, 2.75) is 18.7 Å². The van der Waals surface area contributed by atoms with Gasteiger partial charge < -0.3 is 4.74 Å². The van der Waals surface area contributed by atoms with Gasteiger partial charge in [-0.3, -0.25) is 4.79 Å². The monoisotopic (exact) mass is 367 g/mol. The zero-order valence-electron chi connectivity index (χ0n) is 12.0. The van der Waals surface area contributed by atoms with E-state index in [1.54, 1.807) is 0 Å². The van der Waals surface area contributed by atoms with Gasteiger partial charge in [0.1, 0.15) is 10.6 Å². The van der Waals surface area contributed by atoms with Crippen LogP contribution in [0.5, 0.6) is 5.75 Å². The molecule has 1 aliphatic rings. The molecule has 0 spiro atoms. The van der Waals surface area contributed by atoms with Gasteiger partial charge in [-0.05, 0) is 32.0 Å². The van der Waals surface area contributed by atoms with Gasteiger partial charge in [0.05, 0.1) is 24.0 Å². The summed E-state index contributed by atoms with van der Waals surface area (Å²) in [7, 11) is -1.47. The number of ether oxygens (including phenoxy) is 1. The summed E-state index contributed by atoms with van der Waals surface area (Å²) in [5.41, 5.74) is -1.17. The fraction of sp³-hybridized carbons (Fsp3) is 0.417. The van der Waals surface area contributed by atoms with Crippen molar-refractivity contribution in [3.8, 4) is 5.75 Å². The van der Waals surface area contributed by atoms with Crippen LogP contribution in [0.3, 0.4) is 0 Å². The maximum atomic E-state index is 12.3. The Labute approximate surface area is 133 Å². The molecule has 122 valence electrons. The molecule has 1 amide bonds. The molecule has 0 saturated carbocycles. The second kappa shape index (κ2) is 5.10. The maximum Gasteiger partial charge on any atom is 0.265 e. The molecule has 0 N–H and O–H groups in total. The van der Waals surface area contributed by atoms with Gasteiger partial charge in [-0.2, -0.15) is 0 Å². The van der Waals surface area contributed by atoms with Crippen LogP contribution in [0.25, 0.3) is 0 Å². The van der Waals surface area contributed by atoms with Gasteiger partial charge in [0, 0.05) is 10.7 Å². The first-order valence-corrected chi connectivity index (χ1v) is 10.0. The Morgan fingerprint density at radius 1 is 1.32 bits per heavy atom. The molecule has 1 aromatic carbocycles. The van der Waals surface area contributed by atoms with Crippen LogP contribution in [0.1, 0.15) is 13.8 Å².